The van der Waals surface area contributed by atoms with Gasteiger partial charge in [0.25, 0.3) is 0 Å². The lowest BCUT2D eigenvalue weighted by molar-refractivity contribution is -0.125. The van der Waals surface area contributed by atoms with Crippen LogP contribution in [0.5, 0.6) is 5.75 Å². The Morgan fingerprint density at radius 1 is 0.967 bits per heavy atom. The van der Waals surface area contributed by atoms with E-state index in [-0.39, 0.29) is 23.3 Å². The number of amides is 2. The molecular weight excluding hydrogens is 382 g/mol. The number of benzene rings is 2. The van der Waals surface area contributed by atoms with Crippen molar-refractivity contribution >= 4 is 39.4 Å². The van der Waals surface area contributed by atoms with Gasteiger partial charge in [0.15, 0.2) is 5.78 Å². The summed E-state index contributed by atoms with van der Waals surface area (Å²) in [6, 6.07) is 10.5. The summed E-state index contributed by atoms with van der Waals surface area (Å²) in [5.41, 5.74) is 3.65. The number of ketones is 1. The topological polar surface area (TPSA) is 104 Å². The maximum atomic E-state index is 12.9. The molecule has 2 atom stereocenters. The van der Waals surface area contributed by atoms with Crippen LogP contribution < -0.4 is 5.32 Å². The number of nitrogens with zero attached hydrogens (tertiary/aromatic N) is 1. The highest BCUT2D eigenvalue weighted by atomic mass is 16.3. The molecule has 2 unspecified atom stereocenters. The smallest absolute Gasteiger partial charge is 0.235 e. The molecule has 2 aromatic carbocycles. The number of aromatic hydroxyl groups is 1. The Morgan fingerprint density at radius 3 is 2.60 bits per heavy atom. The molecule has 2 aliphatic rings. The maximum Gasteiger partial charge on any atom is 0.235 e. The van der Waals surface area contributed by atoms with Crippen LogP contribution in [0.15, 0.2) is 48.8 Å². The molecule has 2 amide bonds. The Kier molecular flexibility index (Phi) is 3.30. The molecular formula is C23H17N3O4. The van der Waals surface area contributed by atoms with Gasteiger partial charge in [-0.3, -0.25) is 19.7 Å². The lowest BCUT2D eigenvalue weighted by Crippen LogP contribution is -2.21. The van der Waals surface area contributed by atoms with E-state index in [2.05, 4.69) is 10.3 Å². The molecule has 2 aromatic heterocycles. The normalized spacial score (nSPS) is 21.0. The van der Waals surface area contributed by atoms with Gasteiger partial charge in [-0.2, -0.15) is 0 Å². The number of para-hydroxylation sites is 1. The van der Waals surface area contributed by atoms with Crippen LogP contribution in [0, 0.1) is 0 Å². The van der Waals surface area contributed by atoms with Crippen LogP contribution in [0.1, 0.15) is 39.7 Å². The lowest BCUT2D eigenvalue weighted by Gasteiger charge is -2.15. The fourth-order valence-electron chi connectivity index (χ4n) is 5.01. The van der Waals surface area contributed by atoms with Crippen molar-refractivity contribution in [2.24, 2.45) is 0 Å². The fourth-order valence-corrected chi connectivity index (χ4v) is 5.01. The van der Waals surface area contributed by atoms with E-state index in [1.165, 1.54) is 0 Å². The minimum absolute atomic E-state index is 0.0951. The van der Waals surface area contributed by atoms with Crippen LogP contribution in [0.4, 0.5) is 0 Å². The van der Waals surface area contributed by atoms with Crippen LogP contribution >= 0.6 is 0 Å². The van der Waals surface area contributed by atoms with E-state index < -0.39 is 11.8 Å². The van der Waals surface area contributed by atoms with Gasteiger partial charge in [0.1, 0.15) is 5.75 Å². The van der Waals surface area contributed by atoms with E-state index in [1.54, 1.807) is 24.4 Å². The van der Waals surface area contributed by atoms with Crippen LogP contribution in [-0.4, -0.2) is 32.3 Å². The summed E-state index contributed by atoms with van der Waals surface area (Å²) in [6.45, 7) is 0.561. The Labute approximate surface area is 170 Å². The highest BCUT2D eigenvalue weighted by molar-refractivity contribution is 6.15. The van der Waals surface area contributed by atoms with Crippen molar-refractivity contribution in [3.05, 3.63) is 65.5 Å². The number of H-pyrrole nitrogens is 1. The number of aromatic amines is 1. The largest absolute Gasteiger partial charge is 0.508 e. The van der Waals surface area contributed by atoms with Crippen molar-refractivity contribution in [2.45, 2.75) is 24.8 Å². The Morgan fingerprint density at radius 2 is 1.77 bits per heavy atom. The van der Waals surface area contributed by atoms with Crippen LogP contribution in [0.25, 0.3) is 21.8 Å². The zero-order chi connectivity index (χ0) is 20.6. The summed E-state index contributed by atoms with van der Waals surface area (Å²) in [5, 5.41) is 13.9. The SMILES string of the molecule is O=C1CCn2cc(C3C(=O)NC(=O)C3c3c[nH]c4cc(O)ccc34)c3cccc1c32. The van der Waals surface area contributed by atoms with Crippen molar-refractivity contribution in [2.75, 3.05) is 0 Å². The second kappa shape index (κ2) is 5.82. The average Bonchev–Trinajstić information content (AvgIpc) is 3.38. The highest BCUT2D eigenvalue weighted by Gasteiger charge is 2.46. The van der Waals surface area contributed by atoms with Gasteiger partial charge in [-0.25, -0.2) is 0 Å². The summed E-state index contributed by atoms with van der Waals surface area (Å²) >= 11 is 0. The summed E-state index contributed by atoms with van der Waals surface area (Å²) in [4.78, 5) is 41.3. The highest BCUT2D eigenvalue weighted by Crippen LogP contribution is 2.44. The van der Waals surface area contributed by atoms with Crippen LogP contribution in [0.2, 0.25) is 0 Å². The van der Waals surface area contributed by atoms with Crippen LogP contribution in [-0.2, 0) is 16.1 Å². The first-order valence-corrected chi connectivity index (χ1v) is 9.82. The quantitative estimate of drug-likeness (QED) is 0.451. The van der Waals surface area contributed by atoms with Gasteiger partial charge in [-0.1, -0.05) is 12.1 Å². The minimum atomic E-state index is -0.699. The van der Waals surface area contributed by atoms with Gasteiger partial charge in [-0.15, -0.1) is 0 Å². The Bertz CT molecular complexity index is 1410. The maximum absolute atomic E-state index is 12.9. The average molecular weight is 399 g/mol. The van der Waals surface area contributed by atoms with Gasteiger partial charge in [0.05, 0.1) is 17.4 Å². The third-order valence-electron chi connectivity index (χ3n) is 6.32. The van der Waals surface area contributed by atoms with Crippen molar-refractivity contribution in [1.29, 1.82) is 0 Å². The third kappa shape index (κ3) is 2.17. The van der Waals surface area contributed by atoms with Crippen molar-refractivity contribution < 1.29 is 19.5 Å². The summed E-state index contributed by atoms with van der Waals surface area (Å²) in [6.07, 6.45) is 4.06. The number of phenols is 1. The lowest BCUT2D eigenvalue weighted by atomic mass is 9.83. The molecule has 0 radical (unpaired) electrons. The van der Waals surface area contributed by atoms with E-state index in [9.17, 15) is 19.5 Å². The fraction of sp³-hybridized carbons (Fsp3) is 0.174. The predicted octanol–water partition coefficient (Wildman–Crippen LogP) is 2.94. The van der Waals surface area contributed by atoms with E-state index >= 15 is 0 Å². The number of hydrogen-bond donors (Lipinski definition) is 3. The van der Waals surface area contributed by atoms with Gasteiger partial charge in [0, 0.05) is 53.3 Å². The number of aryl methyl sites for hydroxylation is 1. The van der Waals surface area contributed by atoms with Crippen molar-refractivity contribution in [1.82, 2.24) is 14.9 Å². The minimum Gasteiger partial charge on any atom is -0.508 e. The van der Waals surface area contributed by atoms with E-state index in [0.717, 1.165) is 21.9 Å². The molecule has 3 N–H and O–H groups in total. The molecule has 4 aromatic rings. The van der Waals surface area contributed by atoms with Gasteiger partial charge >= 0.3 is 0 Å². The number of carbonyl (C=O) groups is 3. The number of fused-ring (bicyclic) bond motifs is 1. The zero-order valence-electron chi connectivity index (χ0n) is 15.8. The van der Waals surface area contributed by atoms with E-state index in [1.807, 2.05) is 29.0 Å². The second-order valence-corrected chi connectivity index (χ2v) is 7.94. The monoisotopic (exact) mass is 399 g/mol. The molecule has 0 saturated carbocycles. The number of hydrogen-bond acceptors (Lipinski definition) is 4. The summed E-state index contributed by atoms with van der Waals surface area (Å²) in [7, 11) is 0. The second-order valence-electron chi connectivity index (χ2n) is 7.94. The number of Topliss-reactive ketones (excluding diaryl/α,β-unsaturated/α-hetero) is 1. The molecule has 6 rings (SSSR count). The Hall–Kier alpha value is -3.87. The van der Waals surface area contributed by atoms with Crippen molar-refractivity contribution in [3.8, 4) is 5.75 Å². The number of rotatable bonds is 2. The van der Waals surface area contributed by atoms with Gasteiger partial charge < -0.3 is 14.7 Å². The molecule has 7 heteroatoms. The van der Waals surface area contributed by atoms with Crippen molar-refractivity contribution in [3.63, 3.8) is 0 Å². The number of nitrogens with one attached hydrogen (secondary N) is 2. The first-order valence-electron chi connectivity index (χ1n) is 9.82. The number of imide groups is 1. The Balaban J connectivity index is 1.57. The third-order valence-corrected chi connectivity index (χ3v) is 6.32. The first-order chi connectivity index (χ1) is 14.5. The van der Waals surface area contributed by atoms with Crippen LogP contribution in [0.3, 0.4) is 0 Å². The summed E-state index contributed by atoms with van der Waals surface area (Å²) < 4.78 is 2.02. The molecule has 148 valence electrons. The van der Waals surface area contributed by atoms with E-state index in [4.69, 9.17) is 0 Å². The molecule has 1 fully saturated rings. The molecule has 4 heterocycles. The molecule has 0 aliphatic carbocycles. The molecule has 7 nitrogen and oxygen atoms in total. The first kappa shape index (κ1) is 17.0. The molecule has 30 heavy (non-hydrogen) atoms. The molecule has 0 bridgehead atoms. The zero-order valence-corrected chi connectivity index (χ0v) is 15.8. The number of aromatic nitrogens is 2. The summed E-state index contributed by atoms with van der Waals surface area (Å²) in [5.74, 6) is -1.86. The molecule has 2 aliphatic heterocycles. The van der Waals surface area contributed by atoms with Gasteiger partial charge in [0.2, 0.25) is 11.8 Å². The molecule has 1 saturated heterocycles. The molecule has 0 spiro atoms. The predicted molar refractivity (Wildman–Crippen MR) is 109 cm³/mol. The number of phenolic OH excluding ortho intramolecular Hbond substituents is 1. The number of carbonyl (C=O) groups excluding carboxylic acids is 3. The van der Waals surface area contributed by atoms with E-state index in [0.29, 0.717) is 29.6 Å². The van der Waals surface area contributed by atoms with Gasteiger partial charge in [-0.05, 0) is 29.3 Å². The standard InChI is InChI=1S/C23H17N3O4/c27-11-4-5-12-15(9-24-17(12)8-11)19-20(23(30)25-22(19)29)16-10-26-7-6-18(28)14-3-1-2-13(16)21(14)26/h1-5,8-10,19-20,24,27H,6-7H2,(H,25,29,30).